The fourth-order valence-electron chi connectivity index (χ4n) is 2.18. The summed E-state index contributed by atoms with van der Waals surface area (Å²) < 4.78 is 0. The summed E-state index contributed by atoms with van der Waals surface area (Å²) in [5.74, 6) is 0.897. The van der Waals surface area contributed by atoms with Gasteiger partial charge in [-0.1, -0.05) is 13.8 Å². The largest absolute Gasteiger partial charge is 0.307 e. The number of nitrogens with zero attached hydrogens (tertiary/aromatic N) is 1. The van der Waals surface area contributed by atoms with Crippen molar-refractivity contribution in [1.29, 1.82) is 0 Å². The Hall–Kier alpha value is -0.530. The summed E-state index contributed by atoms with van der Waals surface area (Å²) in [6.45, 7) is 10.2. The summed E-state index contributed by atoms with van der Waals surface area (Å²) in [4.78, 5) is 0. The third kappa shape index (κ3) is 1.55. The second-order valence-corrected chi connectivity index (χ2v) is 4.18. The first-order valence-corrected chi connectivity index (χ1v) is 4.30. The van der Waals surface area contributed by atoms with E-state index in [1.54, 1.807) is 0 Å². The number of hydrogen-bond acceptors (Lipinski definition) is 2. The van der Waals surface area contributed by atoms with Gasteiger partial charge in [-0.05, 0) is 31.1 Å². The lowest BCUT2D eigenvalue weighted by molar-refractivity contribution is 0.0489. The van der Waals surface area contributed by atoms with Crippen LogP contribution in [0.2, 0.25) is 0 Å². The minimum atomic E-state index is 0.459. The SMILES string of the molecule is C=NNC(C)C1(C)CC(C)C1. The lowest BCUT2D eigenvalue weighted by Gasteiger charge is -2.47. The summed E-state index contributed by atoms with van der Waals surface area (Å²) in [5, 5.41) is 3.71. The molecule has 1 aliphatic carbocycles. The lowest BCUT2D eigenvalue weighted by atomic mass is 9.60. The van der Waals surface area contributed by atoms with E-state index in [9.17, 15) is 0 Å². The van der Waals surface area contributed by atoms with Crippen molar-refractivity contribution in [3.05, 3.63) is 0 Å². The van der Waals surface area contributed by atoms with Gasteiger partial charge >= 0.3 is 0 Å². The predicted octanol–water partition coefficient (Wildman–Crippen LogP) is 2.02. The van der Waals surface area contributed by atoms with Crippen molar-refractivity contribution in [1.82, 2.24) is 5.43 Å². The molecule has 0 aromatic carbocycles. The van der Waals surface area contributed by atoms with Crippen molar-refractivity contribution in [2.45, 2.75) is 39.7 Å². The maximum absolute atomic E-state index is 3.71. The van der Waals surface area contributed by atoms with Gasteiger partial charge in [0, 0.05) is 12.8 Å². The van der Waals surface area contributed by atoms with E-state index in [1.165, 1.54) is 12.8 Å². The molecule has 1 rings (SSSR count). The second-order valence-electron chi connectivity index (χ2n) is 4.18. The topological polar surface area (TPSA) is 24.4 Å². The van der Waals surface area contributed by atoms with Gasteiger partial charge in [-0.2, -0.15) is 5.10 Å². The molecular formula is C9H18N2. The van der Waals surface area contributed by atoms with Crippen LogP contribution < -0.4 is 5.43 Å². The minimum absolute atomic E-state index is 0.459. The first kappa shape index (κ1) is 8.57. The highest BCUT2D eigenvalue weighted by Gasteiger charge is 2.41. The van der Waals surface area contributed by atoms with Gasteiger partial charge in [0.2, 0.25) is 0 Å². The maximum atomic E-state index is 3.71. The van der Waals surface area contributed by atoms with Crippen LogP contribution in [0.3, 0.4) is 0 Å². The average molecular weight is 154 g/mol. The van der Waals surface area contributed by atoms with E-state index >= 15 is 0 Å². The van der Waals surface area contributed by atoms with Crippen molar-refractivity contribution in [2.24, 2.45) is 16.4 Å². The van der Waals surface area contributed by atoms with Crippen molar-refractivity contribution in [2.75, 3.05) is 0 Å². The molecule has 0 aromatic rings. The molecule has 1 fully saturated rings. The molecule has 1 N–H and O–H groups in total. The van der Waals surface area contributed by atoms with Gasteiger partial charge in [0.25, 0.3) is 0 Å². The van der Waals surface area contributed by atoms with E-state index in [4.69, 9.17) is 0 Å². The van der Waals surface area contributed by atoms with E-state index in [0.29, 0.717) is 11.5 Å². The van der Waals surface area contributed by atoms with Crippen LogP contribution in [0.4, 0.5) is 0 Å². The first-order valence-electron chi connectivity index (χ1n) is 4.30. The average Bonchev–Trinajstić information content (AvgIpc) is 1.85. The minimum Gasteiger partial charge on any atom is -0.307 e. The van der Waals surface area contributed by atoms with Crippen molar-refractivity contribution in [3.63, 3.8) is 0 Å². The Kier molecular flexibility index (Phi) is 2.21. The Morgan fingerprint density at radius 2 is 2.18 bits per heavy atom. The summed E-state index contributed by atoms with van der Waals surface area (Å²) >= 11 is 0. The third-order valence-electron chi connectivity index (χ3n) is 2.96. The monoisotopic (exact) mass is 154 g/mol. The first-order chi connectivity index (χ1) is 5.08. The van der Waals surface area contributed by atoms with Crippen LogP contribution in [0.5, 0.6) is 0 Å². The van der Waals surface area contributed by atoms with Crippen LogP contribution in [0.25, 0.3) is 0 Å². The number of hydrogen-bond donors (Lipinski definition) is 1. The van der Waals surface area contributed by atoms with Crippen molar-refractivity contribution < 1.29 is 0 Å². The Labute approximate surface area is 69.1 Å². The van der Waals surface area contributed by atoms with Crippen LogP contribution >= 0.6 is 0 Å². The highest BCUT2D eigenvalue weighted by molar-refractivity contribution is 5.22. The molecule has 0 spiro atoms. The van der Waals surface area contributed by atoms with Gasteiger partial charge in [-0.15, -0.1) is 0 Å². The van der Waals surface area contributed by atoms with E-state index in [1.807, 2.05) is 0 Å². The molecule has 0 heterocycles. The molecular weight excluding hydrogens is 136 g/mol. The quantitative estimate of drug-likeness (QED) is 0.488. The highest BCUT2D eigenvalue weighted by atomic mass is 15.3. The molecule has 11 heavy (non-hydrogen) atoms. The second kappa shape index (κ2) is 2.84. The van der Waals surface area contributed by atoms with Crippen LogP contribution in [0.1, 0.15) is 33.6 Å². The van der Waals surface area contributed by atoms with E-state index in [2.05, 4.69) is 38.0 Å². The molecule has 2 nitrogen and oxygen atoms in total. The van der Waals surface area contributed by atoms with E-state index in [0.717, 1.165) is 5.92 Å². The Morgan fingerprint density at radius 3 is 2.55 bits per heavy atom. The van der Waals surface area contributed by atoms with Gasteiger partial charge in [-0.25, -0.2) is 0 Å². The van der Waals surface area contributed by atoms with Gasteiger partial charge in [0.1, 0.15) is 0 Å². The summed E-state index contributed by atoms with van der Waals surface area (Å²) in [7, 11) is 0. The molecule has 1 unspecified atom stereocenters. The van der Waals surface area contributed by atoms with Crippen molar-refractivity contribution >= 4 is 6.72 Å². The molecule has 1 saturated carbocycles. The zero-order valence-corrected chi connectivity index (χ0v) is 7.72. The van der Waals surface area contributed by atoms with Crippen LogP contribution in [-0.4, -0.2) is 12.8 Å². The molecule has 0 aliphatic heterocycles. The van der Waals surface area contributed by atoms with Crippen molar-refractivity contribution in [3.8, 4) is 0 Å². The van der Waals surface area contributed by atoms with Crippen LogP contribution in [-0.2, 0) is 0 Å². The predicted molar refractivity (Wildman–Crippen MR) is 48.7 cm³/mol. The van der Waals surface area contributed by atoms with Gasteiger partial charge < -0.3 is 5.43 Å². The Bertz CT molecular complexity index is 148. The summed E-state index contributed by atoms with van der Waals surface area (Å²) in [6.07, 6.45) is 2.63. The Morgan fingerprint density at radius 1 is 1.64 bits per heavy atom. The normalized spacial score (nSPS) is 39.0. The summed E-state index contributed by atoms with van der Waals surface area (Å²) in [6, 6.07) is 0.469. The Balaban J connectivity index is 2.40. The van der Waals surface area contributed by atoms with Gasteiger partial charge in [-0.3, -0.25) is 0 Å². The van der Waals surface area contributed by atoms with Crippen LogP contribution in [0, 0.1) is 11.3 Å². The van der Waals surface area contributed by atoms with Crippen LogP contribution in [0.15, 0.2) is 5.10 Å². The third-order valence-corrected chi connectivity index (χ3v) is 2.96. The highest BCUT2D eigenvalue weighted by Crippen LogP contribution is 2.47. The fraction of sp³-hybridized carbons (Fsp3) is 0.889. The molecule has 1 aliphatic rings. The fourth-order valence-corrected chi connectivity index (χ4v) is 2.18. The molecule has 0 bridgehead atoms. The molecule has 1 atom stereocenters. The number of hydrazone groups is 1. The standard InChI is InChI=1S/C9H18N2/c1-7-5-9(3,6-7)8(2)11-10-4/h7-8,11H,4-6H2,1-3H3. The van der Waals surface area contributed by atoms with E-state index < -0.39 is 0 Å². The zero-order chi connectivity index (χ0) is 8.48. The molecule has 0 radical (unpaired) electrons. The van der Waals surface area contributed by atoms with Gasteiger partial charge in [0.05, 0.1) is 0 Å². The lowest BCUT2D eigenvalue weighted by Crippen LogP contribution is -2.47. The number of rotatable bonds is 3. The number of nitrogens with one attached hydrogen (secondary N) is 1. The molecule has 0 aromatic heterocycles. The smallest absolute Gasteiger partial charge is 0.0465 e. The molecule has 0 saturated heterocycles. The molecule has 64 valence electrons. The van der Waals surface area contributed by atoms with E-state index in [-0.39, 0.29) is 0 Å². The molecule has 2 heteroatoms. The maximum Gasteiger partial charge on any atom is 0.0465 e. The van der Waals surface area contributed by atoms with Gasteiger partial charge in [0.15, 0.2) is 0 Å². The summed E-state index contributed by atoms with van der Waals surface area (Å²) in [5.41, 5.74) is 3.48. The zero-order valence-electron chi connectivity index (χ0n) is 7.72. The molecule has 0 amide bonds.